The molecular formula is C20H22Br2N4O2. The Morgan fingerprint density at radius 3 is 1.46 bits per heavy atom. The zero-order valence-corrected chi connectivity index (χ0v) is 18.5. The van der Waals surface area contributed by atoms with Crippen LogP contribution in [0.25, 0.3) is 0 Å². The molecule has 0 fully saturated rings. The van der Waals surface area contributed by atoms with Crippen molar-refractivity contribution >= 4 is 43.5 Å². The highest BCUT2D eigenvalue weighted by Crippen LogP contribution is 2.38. The Bertz CT molecular complexity index is 855. The molecule has 6 nitrogen and oxygen atoms in total. The van der Waals surface area contributed by atoms with E-state index in [2.05, 4.69) is 31.9 Å². The zero-order valence-electron chi connectivity index (χ0n) is 15.3. The van der Waals surface area contributed by atoms with E-state index in [1.807, 2.05) is 12.1 Å². The predicted octanol–water partition coefficient (Wildman–Crippen LogP) is 4.81. The van der Waals surface area contributed by atoms with Crippen molar-refractivity contribution < 1.29 is 9.78 Å². The Balaban J connectivity index is 2.10. The number of nitrogens with two attached hydrogens (primary N) is 2. The van der Waals surface area contributed by atoms with Crippen LogP contribution < -0.4 is 21.2 Å². The van der Waals surface area contributed by atoms with Crippen LogP contribution in [0.2, 0.25) is 0 Å². The lowest BCUT2D eigenvalue weighted by Gasteiger charge is -2.18. The maximum absolute atomic E-state index is 7.85. The second-order valence-corrected chi connectivity index (χ2v) is 8.32. The van der Waals surface area contributed by atoms with E-state index < -0.39 is 0 Å². The summed E-state index contributed by atoms with van der Waals surface area (Å²) in [5.74, 6) is 0.445. The summed E-state index contributed by atoms with van der Waals surface area (Å²) in [5.41, 5.74) is 14.5. The van der Waals surface area contributed by atoms with E-state index in [0.29, 0.717) is 31.6 Å². The van der Waals surface area contributed by atoms with E-state index in [0.717, 1.165) is 49.7 Å². The summed E-state index contributed by atoms with van der Waals surface area (Å²) in [6.07, 6.45) is 6.17. The molecule has 8 heteroatoms. The molecule has 2 aromatic rings. The molecule has 0 saturated carbocycles. The number of benzene rings is 2. The van der Waals surface area contributed by atoms with Gasteiger partial charge in [-0.15, -0.1) is 0 Å². The van der Waals surface area contributed by atoms with Gasteiger partial charge in [-0.25, -0.2) is 0 Å². The number of halogens is 2. The molecule has 0 aromatic heterocycles. The minimum Gasteiger partial charge on any atom is -0.384 e. The summed E-state index contributed by atoms with van der Waals surface area (Å²) in [4.78, 5) is 11.4. The molecule has 0 unspecified atom stereocenters. The van der Waals surface area contributed by atoms with Gasteiger partial charge in [0.2, 0.25) is 11.5 Å². The van der Waals surface area contributed by atoms with E-state index in [4.69, 9.17) is 32.1 Å². The average molecular weight is 510 g/mol. The van der Waals surface area contributed by atoms with E-state index in [-0.39, 0.29) is 11.7 Å². The molecule has 1 heterocycles. The highest BCUT2D eigenvalue weighted by Gasteiger charge is 2.21. The van der Waals surface area contributed by atoms with Crippen molar-refractivity contribution in [1.82, 2.24) is 0 Å². The van der Waals surface area contributed by atoms with Crippen LogP contribution >= 0.6 is 31.9 Å². The minimum absolute atomic E-state index is 0.119. The van der Waals surface area contributed by atoms with Crippen molar-refractivity contribution in [1.29, 1.82) is 10.8 Å². The molecule has 1 aliphatic rings. The number of nitrogen functional groups attached to an aromatic ring is 2. The Morgan fingerprint density at radius 1 is 0.714 bits per heavy atom. The molecule has 0 saturated heterocycles. The van der Waals surface area contributed by atoms with E-state index >= 15 is 0 Å². The van der Waals surface area contributed by atoms with Crippen molar-refractivity contribution in [2.24, 2.45) is 11.5 Å². The highest BCUT2D eigenvalue weighted by molar-refractivity contribution is 9.11. The molecule has 3 rings (SSSR count). The van der Waals surface area contributed by atoms with Crippen LogP contribution in [0.15, 0.2) is 33.2 Å². The average Bonchev–Trinajstić information content (AvgIpc) is 2.65. The molecule has 2 aromatic carbocycles. The first-order chi connectivity index (χ1) is 13.4. The van der Waals surface area contributed by atoms with Crippen LogP contribution in [0.1, 0.15) is 47.9 Å². The normalized spacial score (nSPS) is 14.4. The Labute approximate surface area is 180 Å². The zero-order chi connectivity index (χ0) is 20.3. The Hall–Kier alpha value is -2.06. The number of aryl methyl sites for hydroxylation is 2. The molecule has 1 aliphatic heterocycles. The fourth-order valence-electron chi connectivity index (χ4n) is 3.23. The molecule has 148 valence electrons. The van der Waals surface area contributed by atoms with Gasteiger partial charge in [-0.05, 0) is 80.8 Å². The second-order valence-electron chi connectivity index (χ2n) is 6.74. The first-order valence-corrected chi connectivity index (χ1v) is 10.6. The summed E-state index contributed by atoms with van der Waals surface area (Å²) in [7, 11) is 0. The van der Waals surface area contributed by atoms with Crippen molar-refractivity contribution in [2.45, 2.75) is 38.5 Å². The number of rotatable bonds is 2. The van der Waals surface area contributed by atoms with E-state index in [1.54, 1.807) is 12.1 Å². The largest absolute Gasteiger partial charge is 0.384 e. The molecule has 0 aliphatic carbocycles. The lowest BCUT2D eigenvalue weighted by atomic mass is 10.0. The Morgan fingerprint density at radius 2 is 1.11 bits per heavy atom. The topological polar surface area (TPSA) is 118 Å². The SMILES string of the molecule is N=C(N)c1ccc2c(Br)c1OOc1c(C(=N)N)ccc(c1Br)CCCCCC2. The van der Waals surface area contributed by atoms with Crippen molar-refractivity contribution in [2.75, 3.05) is 0 Å². The molecular weight excluding hydrogens is 488 g/mol. The highest BCUT2D eigenvalue weighted by atomic mass is 79.9. The van der Waals surface area contributed by atoms with Crippen LogP contribution in [-0.4, -0.2) is 11.7 Å². The lowest BCUT2D eigenvalue weighted by Crippen LogP contribution is -2.18. The first-order valence-electron chi connectivity index (χ1n) is 9.06. The molecule has 28 heavy (non-hydrogen) atoms. The van der Waals surface area contributed by atoms with Crippen LogP contribution in [0.4, 0.5) is 0 Å². The summed E-state index contributed by atoms with van der Waals surface area (Å²) >= 11 is 7.17. The molecule has 6 N–H and O–H groups in total. The predicted molar refractivity (Wildman–Crippen MR) is 117 cm³/mol. The molecule has 0 amide bonds. The van der Waals surface area contributed by atoms with Crippen LogP contribution in [0, 0.1) is 10.8 Å². The second kappa shape index (κ2) is 8.96. The molecule has 0 atom stereocenters. The number of amidine groups is 2. The standard InChI is InChI=1S/C20H22Br2N4O2/c21-15-11-5-3-1-2-4-6-12-8-10-14(20(25)26)18(16(12)22)28-27-17(15)13(9-7-11)19(23)24/h7-10H,1-6H2,(H3,23,24)(H3,25,26). The van der Waals surface area contributed by atoms with Gasteiger partial charge in [-0.3, -0.25) is 20.6 Å². The molecule has 0 radical (unpaired) electrons. The van der Waals surface area contributed by atoms with Crippen LogP contribution in [-0.2, 0) is 12.8 Å². The maximum Gasteiger partial charge on any atom is 0.203 e. The quantitative estimate of drug-likeness (QED) is 0.264. The van der Waals surface area contributed by atoms with Gasteiger partial charge in [0.1, 0.15) is 11.7 Å². The monoisotopic (exact) mass is 508 g/mol. The number of nitrogens with one attached hydrogen (secondary N) is 2. The van der Waals surface area contributed by atoms with Gasteiger partial charge in [0, 0.05) is 0 Å². The van der Waals surface area contributed by atoms with Gasteiger partial charge in [0.05, 0.1) is 20.1 Å². The molecule has 4 bridgehead atoms. The van der Waals surface area contributed by atoms with Gasteiger partial charge in [0.15, 0.2) is 0 Å². The fourth-order valence-corrected chi connectivity index (χ4v) is 4.45. The lowest BCUT2D eigenvalue weighted by molar-refractivity contribution is -0.102. The smallest absolute Gasteiger partial charge is 0.203 e. The number of fused-ring (bicyclic) bond motifs is 4. The maximum atomic E-state index is 7.85. The van der Waals surface area contributed by atoms with Gasteiger partial charge in [-0.2, -0.15) is 0 Å². The minimum atomic E-state index is -0.119. The van der Waals surface area contributed by atoms with Gasteiger partial charge in [-0.1, -0.05) is 25.0 Å². The van der Waals surface area contributed by atoms with Gasteiger partial charge >= 0.3 is 0 Å². The van der Waals surface area contributed by atoms with Crippen molar-refractivity contribution in [3.63, 3.8) is 0 Å². The van der Waals surface area contributed by atoms with E-state index in [1.165, 1.54) is 0 Å². The van der Waals surface area contributed by atoms with Crippen molar-refractivity contribution in [3.8, 4) is 11.5 Å². The summed E-state index contributed by atoms with van der Waals surface area (Å²) in [6.45, 7) is 0. The Kier molecular flexibility index (Phi) is 6.61. The first kappa shape index (κ1) is 20.7. The van der Waals surface area contributed by atoms with Crippen LogP contribution in [0.5, 0.6) is 11.5 Å². The van der Waals surface area contributed by atoms with Gasteiger partial charge < -0.3 is 11.5 Å². The summed E-state index contributed by atoms with van der Waals surface area (Å²) < 4.78 is 1.43. The van der Waals surface area contributed by atoms with Crippen LogP contribution in [0.3, 0.4) is 0 Å². The molecule has 0 spiro atoms. The number of hydrogen-bond donors (Lipinski definition) is 4. The number of hydrogen-bond acceptors (Lipinski definition) is 4. The van der Waals surface area contributed by atoms with E-state index in [9.17, 15) is 0 Å². The fraction of sp³-hybridized carbons (Fsp3) is 0.300. The third-order valence-corrected chi connectivity index (χ3v) is 6.52. The third-order valence-electron chi connectivity index (χ3n) is 4.79. The van der Waals surface area contributed by atoms with Gasteiger partial charge in [0.25, 0.3) is 0 Å². The summed E-state index contributed by atoms with van der Waals surface area (Å²) in [6, 6.07) is 7.45. The van der Waals surface area contributed by atoms with Crippen molar-refractivity contribution in [3.05, 3.63) is 55.5 Å². The summed E-state index contributed by atoms with van der Waals surface area (Å²) in [5, 5.41) is 15.7. The third kappa shape index (κ3) is 4.33.